The quantitative estimate of drug-likeness (QED) is 0.842. The van der Waals surface area contributed by atoms with Crippen LogP contribution in [0.3, 0.4) is 0 Å². The van der Waals surface area contributed by atoms with Gasteiger partial charge in [0.2, 0.25) is 0 Å². The highest BCUT2D eigenvalue weighted by Gasteiger charge is 2.26. The molecule has 1 amide bonds. The summed E-state index contributed by atoms with van der Waals surface area (Å²) < 4.78 is 0. The van der Waals surface area contributed by atoms with E-state index in [4.69, 9.17) is 11.6 Å². The summed E-state index contributed by atoms with van der Waals surface area (Å²) in [6.07, 6.45) is 3.66. The van der Waals surface area contributed by atoms with Crippen molar-refractivity contribution in [1.29, 1.82) is 0 Å². The summed E-state index contributed by atoms with van der Waals surface area (Å²) in [4.78, 5) is 14.6. The van der Waals surface area contributed by atoms with E-state index in [1.54, 1.807) is 12.3 Å². The second-order valence-electron chi connectivity index (χ2n) is 6.18. The van der Waals surface area contributed by atoms with Gasteiger partial charge in [-0.2, -0.15) is 10.2 Å². The molecule has 5 heteroatoms. The zero-order valence-corrected chi connectivity index (χ0v) is 14.2. The van der Waals surface area contributed by atoms with Gasteiger partial charge >= 0.3 is 0 Å². The van der Waals surface area contributed by atoms with Gasteiger partial charge in [-0.05, 0) is 56.0 Å². The van der Waals surface area contributed by atoms with Crippen LogP contribution in [0.5, 0.6) is 0 Å². The first kappa shape index (κ1) is 15.9. The van der Waals surface area contributed by atoms with E-state index < -0.39 is 0 Å². The van der Waals surface area contributed by atoms with Crippen molar-refractivity contribution in [2.24, 2.45) is 0 Å². The van der Waals surface area contributed by atoms with Crippen LogP contribution in [-0.4, -0.2) is 34.1 Å². The Hall–Kier alpha value is -1.94. The monoisotopic (exact) mass is 329 g/mol. The number of carbonyl (C=O) groups is 1. The summed E-state index contributed by atoms with van der Waals surface area (Å²) >= 11 is 6.05. The van der Waals surface area contributed by atoms with Crippen LogP contribution < -0.4 is 0 Å². The number of hydrogen-bond donors (Lipinski definition) is 0. The summed E-state index contributed by atoms with van der Waals surface area (Å²) in [5, 5.41) is 8.56. The molecule has 2 aromatic rings. The molecule has 3 rings (SSSR count). The number of benzene rings is 1. The van der Waals surface area contributed by atoms with Gasteiger partial charge in [-0.1, -0.05) is 17.7 Å². The van der Waals surface area contributed by atoms with Crippen molar-refractivity contribution in [2.75, 3.05) is 13.1 Å². The van der Waals surface area contributed by atoms with Crippen molar-refractivity contribution < 1.29 is 4.79 Å². The third kappa shape index (κ3) is 3.53. The molecule has 120 valence electrons. The molecule has 0 bridgehead atoms. The first-order chi connectivity index (χ1) is 11.0. The highest BCUT2D eigenvalue weighted by atomic mass is 35.5. The lowest BCUT2D eigenvalue weighted by Gasteiger charge is -2.33. The number of carbonyl (C=O) groups excluding carboxylic acids is 1. The van der Waals surface area contributed by atoms with Crippen LogP contribution in [0.15, 0.2) is 30.5 Å². The number of aryl methyl sites for hydroxylation is 2. The molecular formula is C18H20ClN3O. The number of rotatable bonds is 2. The Kier molecular flexibility index (Phi) is 4.62. The zero-order valence-electron chi connectivity index (χ0n) is 13.4. The highest BCUT2D eigenvalue weighted by molar-refractivity contribution is 6.30. The second-order valence-corrected chi connectivity index (χ2v) is 6.61. The van der Waals surface area contributed by atoms with Gasteiger partial charge in [0, 0.05) is 24.0 Å². The topological polar surface area (TPSA) is 46.1 Å². The molecule has 1 aromatic carbocycles. The molecule has 0 spiro atoms. The van der Waals surface area contributed by atoms with Crippen LogP contribution in [0.4, 0.5) is 0 Å². The molecule has 0 N–H and O–H groups in total. The van der Waals surface area contributed by atoms with Crippen molar-refractivity contribution in [3.8, 4) is 0 Å². The molecular weight excluding hydrogens is 310 g/mol. The average molecular weight is 330 g/mol. The van der Waals surface area contributed by atoms with Crippen molar-refractivity contribution in [3.05, 3.63) is 57.9 Å². The number of likely N-dealkylation sites (tertiary alicyclic amines) is 1. The predicted octanol–water partition coefficient (Wildman–Crippen LogP) is 3.77. The van der Waals surface area contributed by atoms with Gasteiger partial charge in [0.05, 0.1) is 17.5 Å². The maximum absolute atomic E-state index is 12.7. The van der Waals surface area contributed by atoms with Crippen LogP contribution in [0.1, 0.15) is 45.9 Å². The Morgan fingerprint density at radius 2 is 2.13 bits per heavy atom. The second kappa shape index (κ2) is 6.67. The number of halogens is 1. The fraction of sp³-hybridized carbons (Fsp3) is 0.389. The first-order valence-corrected chi connectivity index (χ1v) is 8.27. The zero-order chi connectivity index (χ0) is 16.4. The lowest BCUT2D eigenvalue weighted by Crippen LogP contribution is -2.39. The van der Waals surface area contributed by atoms with Crippen LogP contribution in [0.25, 0.3) is 0 Å². The molecule has 1 aromatic heterocycles. The van der Waals surface area contributed by atoms with Crippen molar-refractivity contribution in [1.82, 2.24) is 15.1 Å². The van der Waals surface area contributed by atoms with E-state index in [0.29, 0.717) is 11.5 Å². The molecule has 0 radical (unpaired) electrons. The third-order valence-electron chi connectivity index (χ3n) is 4.40. The van der Waals surface area contributed by atoms with Gasteiger partial charge in [-0.3, -0.25) is 4.79 Å². The van der Waals surface area contributed by atoms with Crippen LogP contribution in [0.2, 0.25) is 5.02 Å². The number of aromatic nitrogens is 2. The minimum absolute atomic E-state index is 0.0410. The molecule has 23 heavy (non-hydrogen) atoms. The van der Waals surface area contributed by atoms with Gasteiger partial charge in [0.25, 0.3) is 5.91 Å². The lowest BCUT2D eigenvalue weighted by molar-refractivity contribution is 0.0706. The SMILES string of the molecule is Cc1cc(C(=O)N2CCCC(c3ccc(Cl)cc3C)C2)cnn1. The van der Waals surface area contributed by atoms with E-state index in [2.05, 4.69) is 23.2 Å². The number of hydrogen-bond acceptors (Lipinski definition) is 3. The molecule has 1 aliphatic heterocycles. The Balaban J connectivity index is 1.79. The number of amides is 1. The maximum atomic E-state index is 12.7. The molecule has 0 aliphatic carbocycles. The maximum Gasteiger partial charge on any atom is 0.255 e. The summed E-state index contributed by atoms with van der Waals surface area (Å²) in [6, 6.07) is 7.82. The minimum atomic E-state index is 0.0410. The van der Waals surface area contributed by atoms with E-state index in [9.17, 15) is 4.79 Å². The van der Waals surface area contributed by atoms with Crippen molar-refractivity contribution >= 4 is 17.5 Å². The van der Waals surface area contributed by atoms with Crippen LogP contribution in [-0.2, 0) is 0 Å². The normalized spacial score (nSPS) is 18.0. The molecule has 1 saturated heterocycles. The molecule has 4 nitrogen and oxygen atoms in total. The Morgan fingerprint density at radius 3 is 2.87 bits per heavy atom. The summed E-state index contributed by atoms with van der Waals surface area (Å²) in [5.41, 5.74) is 3.86. The smallest absolute Gasteiger partial charge is 0.255 e. The fourth-order valence-corrected chi connectivity index (χ4v) is 3.51. The Labute approximate surface area is 141 Å². The van der Waals surface area contributed by atoms with Crippen molar-refractivity contribution in [2.45, 2.75) is 32.6 Å². The standard InChI is InChI=1S/C18H20ClN3O/c1-12-8-16(19)5-6-17(12)14-4-3-7-22(11-14)18(23)15-9-13(2)21-20-10-15/h5-6,8-10,14H,3-4,7,11H2,1-2H3. The fourth-order valence-electron chi connectivity index (χ4n) is 3.29. The summed E-state index contributed by atoms with van der Waals surface area (Å²) in [6.45, 7) is 5.46. The predicted molar refractivity (Wildman–Crippen MR) is 90.8 cm³/mol. The Morgan fingerprint density at radius 1 is 1.30 bits per heavy atom. The van der Waals surface area contributed by atoms with Gasteiger partial charge in [-0.25, -0.2) is 0 Å². The van der Waals surface area contributed by atoms with Gasteiger partial charge in [0.15, 0.2) is 0 Å². The lowest BCUT2D eigenvalue weighted by atomic mass is 9.88. The molecule has 1 unspecified atom stereocenters. The van der Waals surface area contributed by atoms with Gasteiger partial charge in [0.1, 0.15) is 0 Å². The van der Waals surface area contributed by atoms with E-state index in [1.165, 1.54) is 11.1 Å². The van der Waals surface area contributed by atoms with Crippen LogP contribution in [0, 0.1) is 13.8 Å². The summed E-state index contributed by atoms with van der Waals surface area (Å²) in [7, 11) is 0. The highest BCUT2D eigenvalue weighted by Crippen LogP contribution is 2.31. The molecule has 1 atom stereocenters. The molecule has 1 fully saturated rings. The average Bonchev–Trinajstić information content (AvgIpc) is 2.54. The number of piperidine rings is 1. The Bertz CT molecular complexity index is 732. The van der Waals surface area contributed by atoms with E-state index >= 15 is 0 Å². The largest absolute Gasteiger partial charge is 0.338 e. The summed E-state index contributed by atoms with van der Waals surface area (Å²) in [5.74, 6) is 0.403. The number of nitrogens with zero attached hydrogens (tertiary/aromatic N) is 3. The van der Waals surface area contributed by atoms with Gasteiger partial charge in [-0.15, -0.1) is 0 Å². The molecule has 1 aliphatic rings. The van der Waals surface area contributed by atoms with E-state index in [1.807, 2.05) is 24.0 Å². The van der Waals surface area contributed by atoms with Crippen molar-refractivity contribution in [3.63, 3.8) is 0 Å². The van der Waals surface area contributed by atoms with E-state index in [-0.39, 0.29) is 5.91 Å². The first-order valence-electron chi connectivity index (χ1n) is 7.89. The van der Waals surface area contributed by atoms with Gasteiger partial charge < -0.3 is 4.90 Å². The van der Waals surface area contributed by atoms with Crippen LogP contribution >= 0.6 is 11.6 Å². The van der Waals surface area contributed by atoms with E-state index in [0.717, 1.165) is 36.6 Å². The molecule has 0 saturated carbocycles. The third-order valence-corrected chi connectivity index (χ3v) is 4.64. The minimum Gasteiger partial charge on any atom is -0.338 e. The molecule has 2 heterocycles.